The molecule has 0 amide bonds. The van der Waals surface area contributed by atoms with Crippen molar-refractivity contribution in [2.45, 2.75) is 25.7 Å². The molecule has 132 valence electrons. The van der Waals surface area contributed by atoms with Crippen molar-refractivity contribution in [3.8, 4) is 0 Å². The lowest BCUT2D eigenvalue weighted by atomic mass is 9.91. The Labute approximate surface area is 149 Å². The average Bonchev–Trinajstić information content (AvgIpc) is 3.23. The summed E-state index contributed by atoms with van der Waals surface area (Å²) in [5.74, 6) is 0.980. The van der Waals surface area contributed by atoms with Gasteiger partial charge in [-0.05, 0) is 38.0 Å². The minimum absolute atomic E-state index is 0.301. The zero-order valence-electron chi connectivity index (χ0n) is 14.4. The van der Waals surface area contributed by atoms with Crippen LogP contribution < -0.4 is 4.90 Å². The van der Waals surface area contributed by atoms with Gasteiger partial charge in [0.05, 0.1) is 11.4 Å². The number of piperidine rings is 1. The van der Waals surface area contributed by atoms with Gasteiger partial charge in [0.1, 0.15) is 11.3 Å². The van der Waals surface area contributed by atoms with Crippen molar-refractivity contribution in [3.63, 3.8) is 0 Å². The highest BCUT2D eigenvalue weighted by Gasteiger charge is 2.26. The summed E-state index contributed by atoms with van der Waals surface area (Å²) in [5.41, 5.74) is 3.47. The molecule has 1 fully saturated rings. The summed E-state index contributed by atoms with van der Waals surface area (Å²) in [6.07, 6.45) is 5.57. The van der Waals surface area contributed by atoms with Crippen LogP contribution in [0.4, 0.5) is 10.2 Å². The van der Waals surface area contributed by atoms with E-state index in [9.17, 15) is 4.39 Å². The molecule has 0 aliphatic carbocycles. The minimum Gasteiger partial charge on any atom is -0.356 e. The van der Waals surface area contributed by atoms with Crippen LogP contribution in [-0.2, 0) is 0 Å². The molecule has 7 heteroatoms. The van der Waals surface area contributed by atoms with E-state index in [1.54, 1.807) is 12.3 Å². The Morgan fingerprint density at radius 1 is 1.19 bits per heavy atom. The molecule has 4 aromatic rings. The molecule has 0 unspecified atom stereocenters. The summed E-state index contributed by atoms with van der Waals surface area (Å²) < 4.78 is 20.6. The topological polar surface area (TPSA) is 59.5 Å². The molecule has 1 aliphatic heterocycles. The number of rotatable bonds is 2. The highest BCUT2D eigenvalue weighted by atomic mass is 19.1. The molecular formula is C19H18FN5O. The van der Waals surface area contributed by atoms with Crippen molar-refractivity contribution in [2.75, 3.05) is 18.0 Å². The van der Waals surface area contributed by atoms with Gasteiger partial charge in [0, 0.05) is 42.9 Å². The summed E-state index contributed by atoms with van der Waals surface area (Å²) in [5, 5.41) is 9.60. The van der Waals surface area contributed by atoms with E-state index in [2.05, 4.69) is 26.2 Å². The van der Waals surface area contributed by atoms with E-state index in [4.69, 9.17) is 4.52 Å². The van der Waals surface area contributed by atoms with Crippen LogP contribution in [0, 0.1) is 12.7 Å². The number of halogens is 1. The average molecular weight is 351 g/mol. The van der Waals surface area contributed by atoms with Gasteiger partial charge in [0.2, 0.25) is 0 Å². The van der Waals surface area contributed by atoms with E-state index in [1.807, 2.05) is 17.6 Å². The Morgan fingerprint density at radius 2 is 2.04 bits per heavy atom. The molecule has 26 heavy (non-hydrogen) atoms. The molecule has 1 saturated heterocycles. The number of aryl methyl sites for hydroxylation is 1. The number of aromatic nitrogens is 4. The monoisotopic (exact) mass is 351 g/mol. The number of anilines is 1. The first kappa shape index (κ1) is 15.3. The van der Waals surface area contributed by atoms with Gasteiger partial charge in [0.15, 0.2) is 11.4 Å². The number of nitrogens with zero attached hydrogens (tertiary/aromatic N) is 5. The first-order valence-electron chi connectivity index (χ1n) is 8.80. The fourth-order valence-electron chi connectivity index (χ4n) is 3.86. The van der Waals surface area contributed by atoms with E-state index < -0.39 is 0 Å². The maximum Gasteiger partial charge on any atom is 0.170 e. The Bertz CT molecular complexity index is 1090. The maximum absolute atomic E-state index is 13.3. The van der Waals surface area contributed by atoms with Crippen LogP contribution in [0.15, 0.2) is 41.2 Å². The Balaban J connectivity index is 1.40. The molecule has 6 nitrogen and oxygen atoms in total. The molecule has 1 aliphatic rings. The highest BCUT2D eigenvalue weighted by molar-refractivity contribution is 5.80. The van der Waals surface area contributed by atoms with Crippen LogP contribution in [0.5, 0.6) is 0 Å². The predicted molar refractivity (Wildman–Crippen MR) is 95.9 cm³/mol. The lowest BCUT2D eigenvalue weighted by Gasteiger charge is -2.32. The van der Waals surface area contributed by atoms with Gasteiger partial charge >= 0.3 is 0 Å². The van der Waals surface area contributed by atoms with Crippen LogP contribution in [0.25, 0.3) is 16.5 Å². The molecular weight excluding hydrogens is 333 g/mol. The van der Waals surface area contributed by atoms with Crippen molar-refractivity contribution in [3.05, 3.63) is 53.9 Å². The summed E-state index contributed by atoms with van der Waals surface area (Å²) in [6, 6.07) is 6.69. The SMILES string of the molecule is Cc1cc2c(N3CCC(c4noc5cc(F)ccc45)CC3)nccn2n1. The third-order valence-corrected chi connectivity index (χ3v) is 5.13. The molecule has 1 aromatic carbocycles. The Kier molecular flexibility index (Phi) is 3.41. The summed E-state index contributed by atoms with van der Waals surface area (Å²) in [4.78, 5) is 6.88. The highest BCUT2D eigenvalue weighted by Crippen LogP contribution is 2.34. The van der Waals surface area contributed by atoms with E-state index in [1.165, 1.54) is 12.1 Å². The number of benzene rings is 1. The Hall–Kier alpha value is -2.96. The molecule has 4 heterocycles. The Morgan fingerprint density at radius 3 is 2.88 bits per heavy atom. The van der Waals surface area contributed by atoms with Crippen LogP contribution in [-0.4, -0.2) is 32.8 Å². The summed E-state index contributed by atoms with van der Waals surface area (Å²) in [7, 11) is 0. The molecule has 3 aromatic heterocycles. The molecule has 0 atom stereocenters. The summed E-state index contributed by atoms with van der Waals surface area (Å²) >= 11 is 0. The number of hydrogen-bond donors (Lipinski definition) is 0. The molecule has 0 saturated carbocycles. The molecule has 0 spiro atoms. The lowest BCUT2D eigenvalue weighted by Crippen LogP contribution is -2.34. The van der Waals surface area contributed by atoms with E-state index in [0.717, 1.165) is 54.0 Å². The van der Waals surface area contributed by atoms with Crippen LogP contribution in [0.1, 0.15) is 30.1 Å². The molecule has 0 radical (unpaired) electrons. The van der Waals surface area contributed by atoms with Crippen molar-refractivity contribution in [2.24, 2.45) is 0 Å². The summed E-state index contributed by atoms with van der Waals surface area (Å²) in [6.45, 7) is 3.76. The number of hydrogen-bond acceptors (Lipinski definition) is 5. The van der Waals surface area contributed by atoms with E-state index in [0.29, 0.717) is 11.5 Å². The normalized spacial score (nSPS) is 16.0. The van der Waals surface area contributed by atoms with Gasteiger partial charge in [0.25, 0.3) is 0 Å². The van der Waals surface area contributed by atoms with Crippen LogP contribution in [0.2, 0.25) is 0 Å². The number of fused-ring (bicyclic) bond motifs is 2. The molecule has 0 N–H and O–H groups in total. The van der Waals surface area contributed by atoms with Gasteiger partial charge in [-0.15, -0.1) is 0 Å². The van der Waals surface area contributed by atoms with Crippen molar-refractivity contribution >= 4 is 22.3 Å². The smallest absolute Gasteiger partial charge is 0.170 e. The zero-order chi connectivity index (χ0) is 17.7. The van der Waals surface area contributed by atoms with Gasteiger partial charge < -0.3 is 9.42 Å². The van der Waals surface area contributed by atoms with Crippen LogP contribution in [0.3, 0.4) is 0 Å². The van der Waals surface area contributed by atoms with Gasteiger partial charge in [-0.2, -0.15) is 5.10 Å². The van der Waals surface area contributed by atoms with Crippen molar-refractivity contribution in [1.82, 2.24) is 19.8 Å². The van der Waals surface area contributed by atoms with Crippen molar-refractivity contribution in [1.29, 1.82) is 0 Å². The fraction of sp³-hybridized carbons (Fsp3) is 0.316. The third-order valence-electron chi connectivity index (χ3n) is 5.13. The largest absolute Gasteiger partial charge is 0.356 e. The van der Waals surface area contributed by atoms with Gasteiger partial charge in [-0.25, -0.2) is 13.9 Å². The minimum atomic E-state index is -0.301. The fourth-order valence-corrected chi connectivity index (χ4v) is 3.86. The zero-order valence-corrected chi connectivity index (χ0v) is 14.4. The van der Waals surface area contributed by atoms with Crippen molar-refractivity contribution < 1.29 is 8.91 Å². The second kappa shape index (κ2) is 5.79. The molecule has 5 rings (SSSR count). The van der Waals surface area contributed by atoms with E-state index >= 15 is 0 Å². The first-order chi connectivity index (χ1) is 12.7. The second-order valence-electron chi connectivity index (χ2n) is 6.84. The molecule has 0 bridgehead atoms. The standard InChI is InChI=1S/C19H18FN5O/c1-12-10-16-19(21-6-9-25(16)22-12)24-7-4-13(5-8-24)18-15-3-2-14(20)11-17(15)26-23-18/h2-3,6,9-11,13H,4-5,7-8H2,1H3. The second-order valence-corrected chi connectivity index (χ2v) is 6.84. The predicted octanol–water partition coefficient (Wildman–Crippen LogP) is 3.70. The quantitative estimate of drug-likeness (QED) is 0.551. The van der Waals surface area contributed by atoms with E-state index in [-0.39, 0.29) is 5.82 Å². The van der Waals surface area contributed by atoms with Gasteiger partial charge in [-0.1, -0.05) is 5.16 Å². The maximum atomic E-state index is 13.3. The lowest BCUT2D eigenvalue weighted by molar-refractivity contribution is 0.416. The third kappa shape index (κ3) is 2.42. The van der Waals surface area contributed by atoms with Gasteiger partial charge in [-0.3, -0.25) is 0 Å². The first-order valence-corrected chi connectivity index (χ1v) is 8.80. The van der Waals surface area contributed by atoms with Crippen LogP contribution >= 0.6 is 0 Å².